The molecule has 2 N–H and O–H groups in total. The first-order valence-electron chi connectivity index (χ1n) is 5.55. The number of benzene rings is 1. The number of amides is 1. The lowest BCUT2D eigenvalue weighted by Crippen LogP contribution is -2.07. The van der Waals surface area contributed by atoms with Crippen molar-refractivity contribution in [3.63, 3.8) is 0 Å². The molecular weight excluding hydrogens is 246 g/mol. The second kappa shape index (κ2) is 5.26. The minimum absolute atomic E-state index is 0.00940. The number of nitrogens with two attached hydrogens (primary N) is 1. The van der Waals surface area contributed by atoms with E-state index < -0.39 is 10.8 Å². The fourth-order valence-electron chi connectivity index (χ4n) is 1.81. The van der Waals surface area contributed by atoms with Gasteiger partial charge in [-0.3, -0.25) is 19.9 Å². The van der Waals surface area contributed by atoms with E-state index in [1.54, 1.807) is 30.5 Å². The number of pyridine rings is 1. The largest absolute Gasteiger partial charge is 0.369 e. The molecule has 6 heteroatoms. The molecule has 1 amide bonds. The molecule has 0 radical (unpaired) electrons. The number of nitro groups is 1. The molecule has 0 spiro atoms. The second-order valence-corrected chi connectivity index (χ2v) is 3.93. The van der Waals surface area contributed by atoms with Crippen molar-refractivity contribution < 1.29 is 9.72 Å². The summed E-state index contributed by atoms with van der Waals surface area (Å²) in [6.07, 6.45) is 6.50. The maximum absolute atomic E-state index is 10.9. The summed E-state index contributed by atoms with van der Waals surface area (Å²) in [5, 5.41) is 12.1. The molecule has 0 fully saturated rings. The van der Waals surface area contributed by atoms with E-state index in [2.05, 4.69) is 4.98 Å². The second-order valence-electron chi connectivity index (χ2n) is 3.93. The summed E-state index contributed by atoms with van der Waals surface area (Å²) >= 11 is 0. The summed E-state index contributed by atoms with van der Waals surface area (Å²) in [7, 11) is 0. The predicted octanol–water partition coefficient (Wildman–Crippen LogP) is 2.03. The molecule has 1 heterocycles. The fourth-order valence-corrected chi connectivity index (χ4v) is 1.81. The molecule has 0 unspecified atom stereocenters. The van der Waals surface area contributed by atoms with Crippen molar-refractivity contribution in [2.24, 2.45) is 5.73 Å². The zero-order chi connectivity index (χ0) is 13.8. The molecule has 0 atom stereocenters. The Kier molecular flexibility index (Phi) is 3.51. The van der Waals surface area contributed by atoms with Gasteiger partial charge in [0.2, 0.25) is 5.91 Å². The summed E-state index contributed by atoms with van der Waals surface area (Å²) in [5.74, 6) is -0.427. The molecule has 0 aliphatic rings. The molecule has 6 nitrogen and oxygen atoms in total. The first-order chi connectivity index (χ1) is 9.09. The van der Waals surface area contributed by atoms with Crippen LogP contribution >= 0.6 is 0 Å². The number of rotatable bonds is 4. The third-order valence-corrected chi connectivity index (χ3v) is 2.64. The van der Waals surface area contributed by atoms with Crippen molar-refractivity contribution in [3.05, 3.63) is 52.3 Å². The Bertz CT molecular complexity index is 680. The Morgan fingerprint density at radius 3 is 2.84 bits per heavy atom. The van der Waals surface area contributed by atoms with Crippen molar-refractivity contribution in [2.75, 3.05) is 0 Å². The number of non-ortho nitro benzene ring substituents is 1. The molecule has 0 saturated carbocycles. The van der Waals surface area contributed by atoms with E-state index in [1.165, 1.54) is 12.3 Å². The molecule has 2 aromatic rings. The molecule has 19 heavy (non-hydrogen) atoms. The SMILES string of the molecule is NC(=O)CC=Cc1ccc([N+](=O)[O-])c2cnccc12. The van der Waals surface area contributed by atoms with Gasteiger partial charge in [-0.1, -0.05) is 12.2 Å². The molecule has 0 saturated heterocycles. The normalized spacial score (nSPS) is 10.9. The van der Waals surface area contributed by atoms with Crippen molar-refractivity contribution >= 4 is 28.4 Å². The standard InChI is InChI=1S/C13H11N3O3/c14-13(17)3-1-2-9-4-5-12(16(18)19)11-8-15-7-6-10(9)11/h1-2,4-8H,3H2,(H2,14,17). The van der Waals surface area contributed by atoms with Crippen molar-refractivity contribution in [1.29, 1.82) is 0 Å². The fraction of sp³-hybridized carbons (Fsp3) is 0.0769. The molecule has 1 aromatic carbocycles. The molecule has 0 aliphatic heterocycles. The van der Waals surface area contributed by atoms with Crippen LogP contribution in [0.15, 0.2) is 36.7 Å². The Hall–Kier alpha value is -2.76. The van der Waals surface area contributed by atoms with E-state index >= 15 is 0 Å². The first kappa shape index (κ1) is 12.7. The highest BCUT2D eigenvalue weighted by Crippen LogP contribution is 2.28. The van der Waals surface area contributed by atoms with Crippen LogP contribution in [0.2, 0.25) is 0 Å². The lowest BCUT2D eigenvalue weighted by Gasteiger charge is -2.02. The molecule has 96 valence electrons. The minimum atomic E-state index is -0.444. The van der Waals surface area contributed by atoms with Gasteiger partial charge in [0.05, 0.1) is 10.3 Å². The van der Waals surface area contributed by atoms with E-state index in [9.17, 15) is 14.9 Å². The number of fused-ring (bicyclic) bond motifs is 1. The van der Waals surface area contributed by atoms with Crippen LogP contribution in [-0.2, 0) is 4.79 Å². The van der Waals surface area contributed by atoms with Gasteiger partial charge >= 0.3 is 0 Å². The summed E-state index contributed by atoms with van der Waals surface area (Å²) in [4.78, 5) is 25.1. The highest BCUT2D eigenvalue weighted by Gasteiger charge is 2.12. The zero-order valence-electron chi connectivity index (χ0n) is 9.95. The Labute approximate surface area is 108 Å². The Balaban J connectivity index is 2.52. The van der Waals surface area contributed by atoms with E-state index in [4.69, 9.17) is 5.73 Å². The van der Waals surface area contributed by atoms with Crippen LogP contribution in [0.1, 0.15) is 12.0 Å². The highest BCUT2D eigenvalue weighted by atomic mass is 16.6. The number of carbonyl (C=O) groups excluding carboxylic acids is 1. The minimum Gasteiger partial charge on any atom is -0.369 e. The summed E-state index contributed by atoms with van der Waals surface area (Å²) in [6, 6.07) is 4.76. The summed E-state index contributed by atoms with van der Waals surface area (Å²) in [5.41, 5.74) is 5.83. The smallest absolute Gasteiger partial charge is 0.278 e. The van der Waals surface area contributed by atoms with Crippen molar-refractivity contribution in [3.8, 4) is 0 Å². The number of carbonyl (C=O) groups is 1. The van der Waals surface area contributed by atoms with Crippen LogP contribution in [0.4, 0.5) is 5.69 Å². The third kappa shape index (κ3) is 2.74. The Morgan fingerprint density at radius 2 is 2.16 bits per heavy atom. The van der Waals surface area contributed by atoms with Gasteiger partial charge in [0, 0.05) is 24.9 Å². The lowest BCUT2D eigenvalue weighted by molar-refractivity contribution is -0.383. The summed E-state index contributed by atoms with van der Waals surface area (Å²) < 4.78 is 0. The van der Waals surface area contributed by atoms with E-state index in [0.29, 0.717) is 10.8 Å². The topological polar surface area (TPSA) is 99.1 Å². The monoisotopic (exact) mass is 257 g/mol. The van der Waals surface area contributed by atoms with E-state index in [1.807, 2.05) is 0 Å². The van der Waals surface area contributed by atoms with Gasteiger partial charge in [-0.2, -0.15) is 0 Å². The van der Waals surface area contributed by atoms with Gasteiger partial charge in [-0.15, -0.1) is 0 Å². The van der Waals surface area contributed by atoms with Crippen LogP contribution in [0, 0.1) is 10.1 Å². The number of aromatic nitrogens is 1. The number of hydrogen-bond donors (Lipinski definition) is 1. The average molecular weight is 257 g/mol. The zero-order valence-corrected chi connectivity index (χ0v) is 9.95. The molecule has 0 aliphatic carbocycles. The molecule has 1 aromatic heterocycles. The highest BCUT2D eigenvalue weighted by molar-refractivity contribution is 5.96. The van der Waals surface area contributed by atoms with Gasteiger partial charge in [0.15, 0.2) is 0 Å². The first-order valence-corrected chi connectivity index (χ1v) is 5.55. The molecule has 2 rings (SSSR count). The van der Waals surface area contributed by atoms with E-state index in [-0.39, 0.29) is 12.1 Å². The van der Waals surface area contributed by atoms with Crippen LogP contribution in [0.5, 0.6) is 0 Å². The molecule has 0 bridgehead atoms. The number of primary amides is 1. The van der Waals surface area contributed by atoms with Crippen LogP contribution < -0.4 is 5.73 Å². The van der Waals surface area contributed by atoms with Gasteiger partial charge in [-0.25, -0.2) is 0 Å². The van der Waals surface area contributed by atoms with Gasteiger partial charge in [0.25, 0.3) is 5.69 Å². The van der Waals surface area contributed by atoms with Crippen molar-refractivity contribution in [1.82, 2.24) is 4.98 Å². The maximum atomic E-state index is 10.9. The third-order valence-electron chi connectivity index (χ3n) is 2.64. The van der Waals surface area contributed by atoms with Crippen LogP contribution in [-0.4, -0.2) is 15.8 Å². The van der Waals surface area contributed by atoms with Gasteiger partial charge < -0.3 is 5.73 Å². The quantitative estimate of drug-likeness (QED) is 0.669. The van der Waals surface area contributed by atoms with Crippen LogP contribution in [0.3, 0.4) is 0 Å². The Morgan fingerprint density at radius 1 is 1.37 bits per heavy atom. The van der Waals surface area contributed by atoms with Gasteiger partial charge in [0.1, 0.15) is 0 Å². The van der Waals surface area contributed by atoms with E-state index in [0.717, 1.165) is 5.56 Å². The van der Waals surface area contributed by atoms with Crippen LogP contribution in [0.25, 0.3) is 16.8 Å². The predicted molar refractivity (Wildman–Crippen MR) is 71.2 cm³/mol. The number of nitrogens with zero attached hydrogens (tertiary/aromatic N) is 2. The number of hydrogen-bond acceptors (Lipinski definition) is 4. The van der Waals surface area contributed by atoms with Gasteiger partial charge in [-0.05, 0) is 23.1 Å². The average Bonchev–Trinajstić information content (AvgIpc) is 2.38. The maximum Gasteiger partial charge on any atom is 0.278 e. The summed E-state index contributed by atoms with van der Waals surface area (Å²) in [6.45, 7) is 0. The molecular formula is C13H11N3O3. The van der Waals surface area contributed by atoms with Crippen molar-refractivity contribution in [2.45, 2.75) is 6.42 Å². The number of nitro benzene ring substituents is 1. The lowest BCUT2D eigenvalue weighted by atomic mass is 10.0.